The van der Waals surface area contributed by atoms with Crippen molar-refractivity contribution in [3.05, 3.63) is 35.4 Å². The minimum absolute atomic E-state index is 0.00193. The van der Waals surface area contributed by atoms with E-state index in [1.54, 1.807) is 11.9 Å². The minimum Gasteiger partial charge on any atom is -0.341 e. The molecule has 1 aliphatic carbocycles. The van der Waals surface area contributed by atoms with Gasteiger partial charge < -0.3 is 10.6 Å². The van der Waals surface area contributed by atoms with E-state index in [1.807, 2.05) is 0 Å². The first-order valence-corrected chi connectivity index (χ1v) is 7.41. The van der Waals surface area contributed by atoms with Crippen LogP contribution in [-0.4, -0.2) is 23.9 Å². The van der Waals surface area contributed by atoms with E-state index in [9.17, 15) is 13.6 Å². The lowest BCUT2D eigenvalue weighted by Crippen LogP contribution is -2.37. The number of carbonyl (C=O) groups is 1. The lowest BCUT2D eigenvalue weighted by molar-refractivity contribution is -0.131. The Morgan fingerprint density at radius 1 is 1.29 bits per heavy atom. The van der Waals surface area contributed by atoms with Gasteiger partial charge in [0.1, 0.15) is 0 Å². The first-order chi connectivity index (χ1) is 9.97. The smallest absolute Gasteiger partial charge is 0.222 e. The second-order valence-corrected chi connectivity index (χ2v) is 5.91. The first kappa shape index (κ1) is 15.9. The Bertz CT molecular complexity index is 507. The maximum Gasteiger partial charge on any atom is 0.222 e. The molecule has 1 aromatic rings. The van der Waals surface area contributed by atoms with Gasteiger partial charge in [0.05, 0.1) is 0 Å². The molecule has 1 saturated carbocycles. The predicted molar refractivity (Wildman–Crippen MR) is 77.4 cm³/mol. The number of carbonyl (C=O) groups excluding carboxylic acids is 1. The molecule has 0 aliphatic heterocycles. The van der Waals surface area contributed by atoms with E-state index in [2.05, 4.69) is 0 Å². The van der Waals surface area contributed by atoms with Crippen LogP contribution < -0.4 is 5.73 Å². The summed E-state index contributed by atoms with van der Waals surface area (Å²) >= 11 is 0. The molecule has 0 heterocycles. The number of halogens is 2. The van der Waals surface area contributed by atoms with Crippen LogP contribution in [-0.2, 0) is 11.3 Å². The Hall–Kier alpha value is -1.49. The number of amides is 1. The number of rotatable bonds is 4. The molecule has 0 saturated heterocycles. The highest BCUT2D eigenvalue weighted by Crippen LogP contribution is 2.26. The highest BCUT2D eigenvalue weighted by atomic mass is 19.2. The highest BCUT2D eigenvalue weighted by molar-refractivity contribution is 5.76. The van der Waals surface area contributed by atoms with Gasteiger partial charge in [-0.2, -0.15) is 0 Å². The molecule has 5 heteroatoms. The van der Waals surface area contributed by atoms with Crippen LogP contribution in [0.25, 0.3) is 0 Å². The van der Waals surface area contributed by atoms with Gasteiger partial charge in [0.25, 0.3) is 0 Å². The summed E-state index contributed by atoms with van der Waals surface area (Å²) in [6.07, 6.45) is 4.66. The van der Waals surface area contributed by atoms with Gasteiger partial charge in [-0.15, -0.1) is 0 Å². The van der Waals surface area contributed by atoms with Crippen LogP contribution in [0.3, 0.4) is 0 Å². The van der Waals surface area contributed by atoms with Crippen LogP contribution >= 0.6 is 0 Å². The van der Waals surface area contributed by atoms with Crippen molar-refractivity contribution >= 4 is 5.91 Å². The van der Waals surface area contributed by atoms with Crippen molar-refractivity contribution in [1.29, 1.82) is 0 Å². The van der Waals surface area contributed by atoms with Gasteiger partial charge in [0.15, 0.2) is 11.6 Å². The van der Waals surface area contributed by atoms with Crippen molar-refractivity contribution in [2.45, 2.75) is 44.7 Å². The number of nitrogens with zero attached hydrogens (tertiary/aromatic N) is 1. The molecule has 1 aliphatic rings. The van der Waals surface area contributed by atoms with Crippen LogP contribution in [0, 0.1) is 17.6 Å². The second kappa shape index (κ2) is 6.98. The minimum atomic E-state index is -0.886. The Morgan fingerprint density at radius 2 is 2.00 bits per heavy atom. The molecule has 21 heavy (non-hydrogen) atoms. The zero-order valence-corrected chi connectivity index (χ0v) is 12.3. The van der Waals surface area contributed by atoms with Crippen LogP contribution in [0.1, 0.15) is 37.7 Å². The fourth-order valence-corrected chi connectivity index (χ4v) is 2.87. The molecule has 3 nitrogen and oxygen atoms in total. The number of hydrogen-bond acceptors (Lipinski definition) is 2. The molecule has 2 atom stereocenters. The van der Waals surface area contributed by atoms with E-state index in [0.29, 0.717) is 12.0 Å². The van der Waals surface area contributed by atoms with E-state index in [-0.39, 0.29) is 24.4 Å². The third kappa shape index (κ3) is 4.24. The highest BCUT2D eigenvalue weighted by Gasteiger charge is 2.25. The quantitative estimate of drug-likeness (QED) is 0.928. The van der Waals surface area contributed by atoms with Gasteiger partial charge >= 0.3 is 0 Å². The molecular formula is C16H22F2N2O. The number of benzene rings is 1. The van der Waals surface area contributed by atoms with Gasteiger partial charge in [-0.3, -0.25) is 4.79 Å². The van der Waals surface area contributed by atoms with Crippen molar-refractivity contribution < 1.29 is 13.6 Å². The van der Waals surface area contributed by atoms with Crippen molar-refractivity contribution in [1.82, 2.24) is 4.90 Å². The van der Waals surface area contributed by atoms with Gasteiger partial charge in [-0.25, -0.2) is 8.78 Å². The van der Waals surface area contributed by atoms with Gasteiger partial charge in [0, 0.05) is 26.1 Å². The summed E-state index contributed by atoms with van der Waals surface area (Å²) in [5.74, 6) is -1.52. The molecule has 1 aromatic carbocycles. The van der Waals surface area contributed by atoms with Crippen molar-refractivity contribution in [3.63, 3.8) is 0 Å². The normalized spacial score (nSPS) is 22.1. The molecule has 1 amide bonds. The van der Waals surface area contributed by atoms with E-state index in [1.165, 1.54) is 6.07 Å². The SMILES string of the molecule is CN(Cc1ccc(F)c(F)c1)C(=O)CC1CCCCC1N. The molecule has 2 unspecified atom stereocenters. The summed E-state index contributed by atoms with van der Waals surface area (Å²) in [5.41, 5.74) is 6.64. The molecule has 0 spiro atoms. The molecule has 0 aromatic heterocycles. The lowest BCUT2D eigenvalue weighted by atomic mass is 9.83. The maximum atomic E-state index is 13.2. The van der Waals surface area contributed by atoms with E-state index in [4.69, 9.17) is 5.73 Å². The third-order valence-electron chi connectivity index (χ3n) is 4.23. The van der Waals surface area contributed by atoms with Gasteiger partial charge in [-0.1, -0.05) is 18.9 Å². The number of nitrogens with two attached hydrogens (primary N) is 1. The molecule has 2 rings (SSSR count). The summed E-state index contributed by atoms with van der Waals surface area (Å²) in [6.45, 7) is 0.276. The average Bonchev–Trinajstić information content (AvgIpc) is 2.45. The third-order valence-corrected chi connectivity index (χ3v) is 4.23. The predicted octanol–water partition coefficient (Wildman–Crippen LogP) is 2.83. The monoisotopic (exact) mass is 296 g/mol. The Morgan fingerprint density at radius 3 is 2.67 bits per heavy atom. The molecule has 0 bridgehead atoms. The van der Waals surface area contributed by atoms with E-state index in [0.717, 1.165) is 37.8 Å². The van der Waals surface area contributed by atoms with Crippen molar-refractivity contribution in [2.75, 3.05) is 7.05 Å². The second-order valence-electron chi connectivity index (χ2n) is 5.91. The molecule has 2 N–H and O–H groups in total. The zero-order valence-electron chi connectivity index (χ0n) is 12.3. The first-order valence-electron chi connectivity index (χ1n) is 7.41. The van der Waals surface area contributed by atoms with Gasteiger partial charge in [0.2, 0.25) is 5.91 Å². The Labute approximate surface area is 124 Å². The summed E-state index contributed by atoms with van der Waals surface area (Å²) in [7, 11) is 1.68. The molecule has 1 fully saturated rings. The average molecular weight is 296 g/mol. The van der Waals surface area contributed by atoms with E-state index >= 15 is 0 Å². The van der Waals surface area contributed by atoms with Crippen LogP contribution in [0.4, 0.5) is 8.78 Å². The van der Waals surface area contributed by atoms with Gasteiger partial charge in [-0.05, 0) is 36.5 Å². The Kier molecular flexibility index (Phi) is 5.28. The summed E-state index contributed by atoms with van der Waals surface area (Å²) in [6, 6.07) is 3.80. The molecule has 0 radical (unpaired) electrons. The maximum absolute atomic E-state index is 13.2. The number of hydrogen-bond donors (Lipinski definition) is 1. The standard InChI is InChI=1S/C16H22F2N2O/c1-20(10-11-6-7-13(17)14(18)8-11)16(21)9-12-4-2-3-5-15(12)19/h6-8,12,15H,2-5,9-10,19H2,1H3. The largest absolute Gasteiger partial charge is 0.341 e. The topological polar surface area (TPSA) is 46.3 Å². The molecular weight excluding hydrogens is 274 g/mol. The summed E-state index contributed by atoms with van der Waals surface area (Å²) < 4.78 is 26.0. The fourth-order valence-electron chi connectivity index (χ4n) is 2.87. The summed E-state index contributed by atoms with van der Waals surface area (Å²) in [4.78, 5) is 13.8. The van der Waals surface area contributed by atoms with Crippen molar-refractivity contribution in [3.8, 4) is 0 Å². The molecule has 116 valence electrons. The van der Waals surface area contributed by atoms with Crippen LogP contribution in [0.2, 0.25) is 0 Å². The Balaban J connectivity index is 1.91. The van der Waals surface area contributed by atoms with Crippen LogP contribution in [0.15, 0.2) is 18.2 Å². The summed E-state index contributed by atoms with van der Waals surface area (Å²) in [5, 5.41) is 0. The fraction of sp³-hybridized carbons (Fsp3) is 0.562. The van der Waals surface area contributed by atoms with Crippen molar-refractivity contribution in [2.24, 2.45) is 11.7 Å². The van der Waals surface area contributed by atoms with Crippen LogP contribution in [0.5, 0.6) is 0 Å². The van der Waals surface area contributed by atoms with E-state index < -0.39 is 11.6 Å². The lowest BCUT2D eigenvalue weighted by Gasteiger charge is -2.29. The zero-order chi connectivity index (χ0) is 15.4.